The van der Waals surface area contributed by atoms with Gasteiger partial charge >= 0.3 is 0 Å². The molecule has 0 aromatic heterocycles. The van der Waals surface area contributed by atoms with Gasteiger partial charge in [0.15, 0.2) is 0 Å². The van der Waals surface area contributed by atoms with Crippen LogP contribution in [0.3, 0.4) is 0 Å². The van der Waals surface area contributed by atoms with E-state index in [1.807, 2.05) is 0 Å². The minimum atomic E-state index is -3.03. The summed E-state index contributed by atoms with van der Waals surface area (Å²) in [6.45, 7) is 0.711. The summed E-state index contributed by atoms with van der Waals surface area (Å²) in [5.74, 6) is -3.59. The van der Waals surface area contributed by atoms with Gasteiger partial charge in [-0.3, -0.25) is 0 Å². The molecule has 0 amide bonds. The minimum absolute atomic E-state index is 0.104. The Kier molecular flexibility index (Phi) is 2.61. The molecule has 13 heavy (non-hydrogen) atoms. The Morgan fingerprint density at radius 3 is 2.46 bits per heavy atom. The molecule has 1 aromatic rings. The van der Waals surface area contributed by atoms with Gasteiger partial charge in [-0.2, -0.15) is 0 Å². The molecule has 0 heterocycles. The zero-order valence-electron chi connectivity index (χ0n) is 7.10. The third-order valence-electron chi connectivity index (χ3n) is 1.75. The first-order valence-electron chi connectivity index (χ1n) is 3.80. The molecule has 0 spiro atoms. The van der Waals surface area contributed by atoms with E-state index in [9.17, 15) is 13.2 Å². The highest BCUT2D eigenvalue weighted by Crippen LogP contribution is 2.28. The number of benzene rings is 1. The molecule has 1 atom stereocenters. The van der Waals surface area contributed by atoms with Crippen LogP contribution in [-0.2, 0) is 0 Å². The number of rotatable bonds is 2. The molecule has 0 saturated carbocycles. The van der Waals surface area contributed by atoms with Gasteiger partial charge < -0.3 is 5.73 Å². The molecular weight excluding hydrogens is 179 g/mol. The van der Waals surface area contributed by atoms with Crippen molar-refractivity contribution < 1.29 is 13.2 Å². The van der Waals surface area contributed by atoms with E-state index < -0.39 is 17.8 Å². The maximum atomic E-state index is 12.7. The van der Waals surface area contributed by atoms with Crippen molar-refractivity contribution in [3.8, 4) is 0 Å². The molecule has 0 aliphatic carbocycles. The van der Waals surface area contributed by atoms with Crippen molar-refractivity contribution in [2.45, 2.75) is 18.9 Å². The van der Waals surface area contributed by atoms with Gasteiger partial charge in [0.2, 0.25) is 0 Å². The van der Waals surface area contributed by atoms with Crippen LogP contribution in [0.15, 0.2) is 24.3 Å². The molecule has 72 valence electrons. The largest absolute Gasteiger partial charge is 0.319 e. The highest BCUT2D eigenvalue weighted by atomic mass is 19.3. The maximum absolute atomic E-state index is 12.7. The first-order valence-corrected chi connectivity index (χ1v) is 3.80. The minimum Gasteiger partial charge on any atom is -0.319 e. The normalized spacial score (nSPS) is 14.2. The smallest absolute Gasteiger partial charge is 0.264 e. The number of nitrogens with two attached hydrogens (primary N) is 1. The predicted molar refractivity (Wildman–Crippen MR) is 43.9 cm³/mol. The van der Waals surface area contributed by atoms with Crippen molar-refractivity contribution in [1.29, 1.82) is 0 Å². The Bertz CT molecular complexity index is 293. The summed E-state index contributed by atoms with van der Waals surface area (Å²) in [6, 6.07) is 3.48. The standard InChI is InChI=1S/C9H10F3N/c1-9(11,12)8(13)6-3-2-4-7(10)5-6/h2-5,8H,13H2,1H3. The van der Waals surface area contributed by atoms with E-state index in [0.717, 1.165) is 6.07 Å². The van der Waals surface area contributed by atoms with Gasteiger partial charge in [0.1, 0.15) is 5.82 Å². The molecule has 0 fully saturated rings. The lowest BCUT2D eigenvalue weighted by Gasteiger charge is -2.19. The Balaban J connectivity index is 2.96. The third kappa shape index (κ3) is 2.45. The van der Waals surface area contributed by atoms with Crippen LogP contribution in [-0.4, -0.2) is 5.92 Å². The Morgan fingerprint density at radius 2 is 2.00 bits per heavy atom. The highest BCUT2D eigenvalue weighted by molar-refractivity contribution is 5.21. The molecule has 4 heteroatoms. The van der Waals surface area contributed by atoms with Crippen LogP contribution < -0.4 is 5.73 Å². The fourth-order valence-electron chi connectivity index (χ4n) is 0.993. The average molecular weight is 189 g/mol. The Morgan fingerprint density at radius 1 is 1.38 bits per heavy atom. The number of alkyl halides is 2. The molecule has 0 bridgehead atoms. The lowest BCUT2D eigenvalue weighted by molar-refractivity contribution is -0.00625. The Hall–Kier alpha value is -1.03. The number of hydrogen-bond acceptors (Lipinski definition) is 1. The Labute approximate surface area is 74.4 Å². The van der Waals surface area contributed by atoms with E-state index in [2.05, 4.69) is 0 Å². The topological polar surface area (TPSA) is 26.0 Å². The van der Waals surface area contributed by atoms with Gasteiger partial charge in [0, 0.05) is 6.92 Å². The van der Waals surface area contributed by atoms with Crippen molar-refractivity contribution in [3.63, 3.8) is 0 Å². The molecule has 1 aromatic carbocycles. The molecule has 1 rings (SSSR count). The molecular formula is C9H10F3N. The summed E-state index contributed by atoms with van der Waals surface area (Å²) in [5, 5.41) is 0. The fourth-order valence-corrected chi connectivity index (χ4v) is 0.993. The quantitative estimate of drug-likeness (QED) is 0.759. The van der Waals surface area contributed by atoms with E-state index in [1.54, 1.807) is 0 Å². The van der Waals surface area contributed by atoms with Gasteiger partial charge in [-0.25, -0.2) is 13.2 Å². The second kappa shape index (κ2) is 3.38. The van der Waals surface area contributed by atoms with Gasteiger partial charge in [0.25, 0.3) is 5.92 Å². The highest BCUT2D eigenvalue weighted by Gasteiger charge is 2.32. The van der Waals surface area contributed by atoms with E-state index >= 15 is 0 Å². The molecule has 2 N–H and O–H groups in total. The number of hydrogen-bond donors (Lipinski definition) is 1. The summed E-state index contributed by atoms with van der Waals surface area (Å²) in [6.07, 6.45) is 0. The maximum Gasteiger partial charge on any atom is 0.264 e. The lowest BCUT2D eigenvalue weighted by Crippen LogP contribution is -2.29. The molecule has 0 aliphatic rings. The summed E-state index contributed by atoms with van der Waals surface area (Å²) in [4.78, 5) is 0. The summed E-state index contributed by atoms with van der Waals surface area (Å²) in [7, 11) is 0. The zero-order chi connectivity index (χ0) is 10.1. The SMILES string of the molecule is CC(F)(F)C(N)c1cccc(F)c1. The number of halogens is 3. The molecule has 0 aliphatic heterocycles. The summed E-state index contributed by atoms with van der Waals surface area (Å²) in [5.41, 5.74) is 5.33. The van der Waals surface area contributed by atoms with Gasteiger partial charge in [0.05, 0.1) is 6.04 Å². The summed E-state index contributed by atoms with van der Waals surface area (Å²) < 4.78 is 38.0. The molecule has 1 unspecified atom stereocenters. The third-order valence-corrected chi connectivity index (χ3v) is 1.75. The van der Waals surface area contributed by atoms with Gasteiger partial charge in [-0.15, -0.1) is 0 Å². The first-order chi connectivity index (χ1) is 5.91. The van der Waals surface area contributed by atoms with E-state index in [4.69, 9.17) is 5.73 Å². The predicted octanol–water partition coefficient (Wildman–Crippen LogP) is 2.48. The van der Waals surface area contributed by atoms with Gasteiger partial charge in [-0.1, -0.05) is 12.1 Å². The van der Waals surface area contributed by atoms with E-state index in [0.29, 0.717) is 6.92 Å². The fraction of sp³-hybridized carbons (Fsp3) is 0.333. The van der Waals surface area contributed by atoms with Crippen LogP contribution in [0.5, 0.6) is 0 Å². The van der Waals surface area contributed by atoms with Gasteiger partial charge in [-0.05, 0) is 17.7 Å². The van der Waals surface area contributed by atoms with E-state index in [1.165, 1.54) is 18.2 Å². The van der Waals surface area contributed by atoms with E-state index in [-0.39, 0.29) is 5.56 Å². The van der Waals surface area contributed by atoms with Crippen LogP contribution >= 0.6 is 0 Å². The zero-order valence-corrected chi connectivity index (χ0v) is 7.10. The second-order valence-electron chi connectivity index (χ2n) is 2.99. The summed E-state index contributed by atoms with van der Waals surface area (Å²) >= 11 is 0. The lowest BCUT2D eigenvalue weighted by atomic mass is 10.0. The van der Waals surface area contributed by atoms with Crippen LogP contribution in [0, 0.1) is 5.82 Å². The van der Waals surface area contributed by atoms with Crippen molar-refractivity contribution in [3.05, 3.63) is 35.6 Å². The van der Waals surface area contributed by atoms with Crippen LogP contribution in [0.1, 0.15) is 18.5 Å². The monoisotopic (exact) mass is 189 g/mol. The van der Waals surface area contributed by atoms with Crippen molar-refractivity contribution in [1.82, 2.24) is 0 Å². The molecule has 0 saturated heterocycles. The van der Waals surface area contributed by atoms with Crippen molar-refractivity contribution in [2.24, 2.45) is 5.73 Å². The first kappa shape index (κ1) is 10.1. The molecule has 1 nitrogen and oxygen atoms in total. The van der Waals surface area contributed by atoms with Crippen LogP contribution in [0.2, 0.25) is 0 Å². The van der Waals surface area contributed by atoms with Crippen LogP contribution in [0.4, 0.5) is 13.2 Å². The average Bonchev–Trinajstić information content (AvgIpc) is 2.01. The van der Waals surface area contributed by atoms with Crippen molar-refractivity contribution in [2.75, 3.05) is 0 Å². The second-order valence-corrected chi connectivity index (χ2v) is 2.99. The van der Waals surface area contributed by atoms with Crippen molar-refractivity contribution >= 4 is 0 Å². The molecule has 0 radical (unpaired) electrons. The van der Waals surface area contributed by atoms with Crippen LogP contribution in [0.25, 0.3) is 0 Å².